The van der Waals surface area contributed by atoms with Crippen molar-refractivity contribution in [1.82, 2.24) is 4.90 Å². The van der Waals surface area contributed by atoms with Crippen LogP contribution in [0.3, 0.4) is 0 Å². The molecule has 158 valence electrons. The molecule has 0 aromatic carbocycles. The molecule has 0 aromatic rings. The number of carbonyl (C=O) groups excluding carboxylic acids is 2. The molecule has 29 heavy (non-hydrogen) atoms. The molecule has 0 radical (unpaired) electrons. The van der Waals surface area contributed by atoms with Gasteiger partial charge in [0.25, 0.3) is 0 Å². The molecule has 5 heteroatoms. The number of ketones is 1. The number of nitrogens with zero attached hydrogens (tertiary/aromatic N) is 1. The van der Waals surface area contributed by atoms with E-state index in [0.29, 0.717) is 12.2 Å². The van der Waals surface area contributed by atoms with Crippen molar-refractivity contribution in [1.29, 1.82) is 0 Å². The van der Waals surface area contributed by atoms with E-state index in [1.54, 1.807) is 0 Å². The Morgan fingerprint density at radius 3 is 2.76 bits per heavy atom. The standard InChI is InChI=1S/C24H33NO4/c1-14-18(25(4)5)13-23-10-11-24(29-23)16(12-17(23)21(14)28-15(2)26)8-9-22(3)19(24)6-7-20(22)27/h8,12,14,18-19,21H,6-7,9-11,13H2,1-5H3/t14-,18+,19-,21+,22+,23-,24-/m1/s1. The Kier molecular flexibility index (Phi) is 4.06. The highest BCUT2D eigenvalue weighted by Gasteiger charge is 2.68. The number of fused-ring (bicyclic) bond motifs is 1. The highest BCUT2D eigenvalue weighted by atomic mass is 16.6. The quantitative estimate of drug-likeness (QED) is 0.666. The lowest BCUT2D eigenvalue weighted by Gasteiger charge is -2.55. The van der Waals surface area contributed by atoms with E-state index in [1.165, 1.54) is 12.5 Å². The second kappa shape index (κ2) is 6.04. The molecule has 0 amide bonds. The van der Waals surface area contributed by atoms with Crippen molar-refractivity contribution in [3.8, 4) is 0 Å². The van der Waals surface area contributed by atoms with Gasteiger partial charge < -0.3 is 14.4 Å². The minimum Gasteiger partial charge on any atom is -0.458 e. The number of ether oxygens (including phenoxy) is 2. The minimum absolute atomic E-state index is 0.199. The van der Waals surface area contributed by atoms with E-state index in [2.05, 4.69) is 45.0 Å². The zero-order chi connectivity index (χ0) is 20.8. The van der Waals surface area contributed by atoms with Crippen LogP contribution in [0.2, 0.25) is 0 Å². The van der Waals surface area contributed by atoms with Gasteiger partial charge in [0.1, 0.15) is 11.9 Å². The molecular weight excluding hydrogens is 366 g/mol. The smallest absolute Gasteiger partial charge is 0.303 e. The second-order valence-corrected chi connectivity index (χ2v) is 10.5. The average Bonchev–Trinajstić information content (AvgIpc) is 3.13. The van der Waals surface area contributed by atoms with E-state index in [1.807, 2.05) is 0 Å². The Morgan fingerprint density at radius 1 is 1.31 bits per heavy atom. The predicted molar refractivity (Wildman–Crippen MR) is 109 cm³/mol. The van der Waals surface area contributed by atoms with Gasteiger partial charge in [-0.15, -0.1) is 0 Å². The van der Waals surface area contributed by atoms with E-state index in [9.17, 15) is 9.59 Å². The van der Waals surface area contributed by atoms with Gasteiger partial charge in [0.2, 0.25) is 0 Å². The van der Waals surface area contributed by atoms with Crippen LogP contribution in [0.25, 0.3) is 0 Å². The molecule has 2 heterocycles. The van der Waals surface area contributed by atoms with Gasteiger partial charge in [0, 0.05) is 42.2 Å². The summed E-state index contributed by atoms with van der Waals surface area (Å²) in [5, 5.41) is 0. The molecule has 0 aromatic heterocycles. The molecule has 5 nitrogen and oxygen atoms in total. The molecule has 3 fully saturated rings. The first kappa shape index (κ1) is 19.5. The van der Waals surface area contributed by atoms with Crippen LogP contribution in [0.15, 0.2) is 23.3 Å². The monoisotopic (exact) mass is 399 g/mol. The normalized spacial score (nSPS) is 47.9. The van der Waals surface area contributed by atoms with Gasteiger partial charge in [-0.1, -0.05) is 26.0 Å². The number of Topliss-reactive ketones (excluding diaryl/α,β-unsaturated/α-hetero) is 1. The van der Waals surface area contributed by atoms with Gasteiger partial charge in [-0.3, -0.25) is 9.59 Å². The lowest BCUT2D eigenvalue weighted by Crippen LogP contribution is -2.60. The zero-order valence-corrected chi connectivity index (χ0v) is 18.3. The van der Waals surface area contributed by atoms with Gasteiger partial charge in [0.05, 0.1) is 11.2 Å². The summed E-state index contributed by atoms with van der Waals surface area (Å²) in [6.07, 6.45) is 9.48. The summed E-state index contributed by atoms with van der Waals surface area (Å²) in [5.74, 6) is 0.612. The first-order valence-electron chi connectivity index (χ1n) is 11.1. The molecule has 5 rings (SSSR count). The van der Waals surface area contributed by atoms with E-state index < -0.39 is 0 Å². The average molecular weight is 400 g/mol. The molecule has 0 N–H and O–H groups in total. The third-order valence-corrected chi connectivity index (χ3v) is 8.86. The minimum atomic E-state index is -0.386. The lowest BCUT2D eigenvalue weighted by molar-refractivity contribution is -0.170. The lowest BCUT2D eigenvalue weighted by atomic mass is 9.60. The molecule has 1 saturated heterocycles. The highest BCUT2D eigenvalue weighted by molar-refractivity contribution is 5.88. The number of rotatable bonds is 2. The molecule has 2 saturated carbocycles. The van der Waals surface area contributed by atoms with E-state index >= 15 is 0 Å². The summed E-state index contributed by atoms with van der Waals surface area (Å²) in [4.78, 5) is 27.0. The topological polar surface area (TPSA) is 55.8 Å². The third-order valence-electron chi connectivity index (χ3n) is 8.86. The maximum Gasteiger partial charge on any atom is 0.303 e. The van der Waals surface area contributed by atoms with Gasteiger partial charge in [-0.25, -0.2) is 0 Å². The van der Waals surface area contributed by atoms with Crippen LogP contribution in [0, 0.1) is 17.3 Å². The summed E-state index contributed by atoms with van der Waals surface area (Å²) in [5.41, 5.74) is 1.35. The third kappa shape index (κ3) is 2.40. The summed E-state index contributed by atoms with van der Waals surface area (Å²) in [6, 6.07) is 0.275. The van der Waals surface area contributed by atoms with E-state index in [0.717, 1.165) is 37.7 Å². The van der Waals surface area contributed by atoms with E-state index in [-0.39, 0.29) is 46.6 Å². The maximum absolute atomic E-state index is 12.8. The van der Waals surface area contributed by atoms with Crippen molar-refractivity contribution in [3.05, 3.63) is 23.3 Å². The number of allylic oxidation sites excluding steroid dienone is 1. The van der Waals surface area contributed by atoms with Crippen LogP contribution in [-0.4, -0.2) is 54.1 Å². The fourth-order valence-corrected chi connectivity index (χ4v) is 7.36. The Balaban J connectivity index is 1.64. The van der Waals surface area contributed by atoms with Crippen LogP contribution in [0.1, 0.15) is 59.3 Å². The van der Waals surface area contributed by atoms with Crippen molar-refractivity contribution in [2.75, 3.05) is 14.1 Å². The van der Waals surface area contributed by atoms with Crippen molar-refractivity contribution in [2.24, 2.45) is 17.3 Å². The number of carbonyl (C=O) groups is 2. The fraction of sp³-hybridized carbons (Fsp3) is 0.750. The number of hydrogen-bond acceptors (Lipinski definition) is 5. The highest BCUT2D eigenvalue weighted by Crippen LogP contribution is 2.66. The Labute approximate surface area is 173 Å². The van der Waals surface area contributed by atoms with Gasteiger partial charge >= 0.3 is 5.97 Å². The van der Waals surface area contributed by atoms with Crippen molar-refractivity contribution in [2.45, 2.75) is 82.6 Å². The van der Waals surface area contributed by atoms with Crippen molar-refractivity contribution in [3.63, 3.8) is 0 Å². The van der Waals surface area contributed by atoms with Crippen molar-refractivity contribution < 1.29 is 19.1 Å². The molecule has 2 spiro atoms. The van der Waals surface area contributed by atoms with Gasteiger partial charge in [-0.2, -0.15) is 0 Å². The second-order valence-electron chi connectivity index (χ2n) is 10.5. The van der Waals surface area contributed by atoms with Crippen LogP contribution in [-0.2, 0) is 19.1 Å². The van der Waals surface area contributed by atoms with Crippen LogP contribution in [0.5, 0.6) is 0 Å². The maximum atomic E-state index is 12.8. The molecule has 2 bridgehead atoms. The van der Waals surface area contributed by atoms with Crippen LogP contribution >= 0.6 is 0 Å². The first-order chi connectivity index (χ1) is 13.6. The molecular formula is C24H33NO4. The largest absolute Gasteiger partial charge is 0.458 e. The fourth-order valence-electron chi connectivity index (χ4n) is 7.36. The van der Waals surface area contributed by atoms with Gasteiger partial charge in [0.15, 0.2) is 0 Å². The van der Waals surface area contributed by atoms with Crippen LogP contribution in [0.4, 0.5) is 0 Å². The molecule has 0 unspecified atom stereocenters. The molecule has 2 aliphatic heterocycles. The van der Waals surface area contributed by atoms with Crippen molar-refractivity contribution >= 4 is 11.8 Å². The zero-order valence-electron chi connectivity index (χ0n) is 18.3. The SMILES string of the molecule is CC(=O)O[C@@H]1C2=CC3=CC[C@]4(C)C(=O)CC[C@H]4[C@@]34CC[C@]2(C[C@H](N(C)C)[C@H]1C)O4. The molecule has 5 aliphatic rings. The Bertz CT molecular complexity index is 844. The summed E-state index contributed by atoms with van der Waals surface area (Å²) >= 11 is 0. The summed E-state index contributed by atoms with van der Waals surface area (Å²) in [7, 11) is 4.20. The predicted octanol–water partition coefficient (Wildman–Crippen LogP) is 3.43. The van der Waals surface area contributed by atoms with Crippen LogP contribution < -0.4 is 0 Å². The number of esters is 1. The van der Waals surface area contributed by atoms with Gasteiger partial charge in [-0.05, 0) is 51.8 Å². The Hall–Kier alpha value is -1.46. The molecule has 7 atom stereocenters. The summed E-state index contributed by atoms with van der Waals surface area (Å²) in [6.45, 7) is 5.83. The Morgan fingerprint density at radius 2 is 2.07 bits per heavy atom. The number of hydrogen-bond donors (Lipinski definition) is 0. The van der Waals surface area contributed by atoms with E-state index in [4.69, 9.17) is 9.47 Å². The summed E-state index contributed by atoms with van der Waals surface area (Å²) < 4.78 is 13.0. The molecule has 3 aliphatic carbocycles. The first-order valence-corrected chi connectivity index (χ1v) is 11.1.